The van der Waals surface area contributed by atoms with Crippen molar-refractivity contribution < 1.29 is 9.00 Å². The standard InChI is InChI=1S/C18H30N4O2S.HI/c1-18(2,3)21-16(23)13-22(5)17(19-4)20-11-12-25(24)14-15-9-7-6-8-10-15;/h6-10H,11-14H2,1-5H3,(H,19,20)(H,21,23);1H. The number of hydrogen-bond donors (Lipinski definition) is 2. The van der Waals surface area contributed by atoms with E-state index in [-0.39, 0.29) is 42.0 Å². The van der Waals surface area contributed by atoms with E-state index < -0.39 is 10.8 Å². The van der Waals surface area contributed by atoms with Crippen LogP contribution >= 0.6 is 24.0 Å². The number of carbonyl (C=O) groups excluding carboxylic acids is 1. The zero-order chi connectivity index (χ0) is 18.9. The predicted molar refractivity (Wildman–Crippen MR) is 120 cm³/mol. The van der Waals surface area contributed by atoms with Crippen molar-refractivity contribution in [3.8, 4) is 0 Å². The Morgan fingerprint density at radius 1 is 1.23 bits per heavy atom. The summed E-state index contributed by atoms with van der Waals surface area (Å²) in [4.78, 5) is 17.9. The summed E-state index contributed by atoms with van der Waals surface area (Å²) >= 11 is 0. The zero-order valence-electron chi connectivity index (χ0n) is 16.2. The van der Waals surface area contributed by atoms with Crippen LogP contribution in [0.15, 0.2) is 35.3 Å². The summed E-state index contributed by atoms with van der Waals surface area (Å²) in [6.07, 6.45) is 0. The fourth-order valence-electron chi connectivity index (χ4n) is 2.24. The highest BCUT2D eigenvalue weighted by atomic mass is 127. The van der Waals surface area contributed by atoms with Gasteiger partial charge in [-0.05, 0) is 26.3 Å². The Labute approximate surface area is 176 Å². The number of aliphatic imine (C=N–C) groups is 1. The van der Waals surface area contributed by atoms with Crippen LogP contribution in [0.25, 0.3) is 0 Å². The van der Waals surface area contributed by atoms with Gasteiger partial charge in [0.1, 0.15) is 0 Å². The number of rotatable bonds is 7. The molecule has 1 aromatic carbocycles. The van der Waals surface area contributed by atoms with E-state index in [2.05, 4.69) is 15.6 Å². The molecule has 0 bridgehead atoms. The Hall–Kier alpha value is -1.16. The van der Waals surface area contributed by atoms with Crippen LogP contribution in [0.5, 0.6) is 0 Å². The average molecular weight is 494 g/mol. The van der Waals surface area contributed by atoms with E-state index in [1.54, 1.807) is 19.0 Å². The molecule has 0 radical (unpaired) electrons. The number of hydrogen-bond acceptors (Lipinski definition) is 3. The molecular weight excluding hydrogens is 463 g/mol. The third kappa shape index (κ3) is 10.7. The summed E-state index contributed by atoms with van der Waals surface area (Å²) in [6.45, 7) is 6.58. The summed E-state index contributed by atoms with van der Waals surface area (Å²) in [6, 6.07) is 9.80. The number of nitrogens with zero attached hydrogens (tertiary/aromatic N) is 2. The molecule has 26 heavy (non-hydrogen) atoms. The lowest BCUT2D eigenvalue weighted by Gasteiger charge is -2.25. The summed E-state index contributed by atoms with van der Waals surface area (Å²) in [5, 5.41) is 6.08. The maximum absolute atomic E-state index is 12.1. The molecule has 1 rings (SSSR count). The molecule has 1 amide bonds. The second-order valence-corrected chi connectivity index (χ2v) is 8.48. The molecule has 2 N–H and O–H groups in total. The van der Waals surface area contributed by atoms with Gasteiger partial charge in [0.2, 0.25) is 5.91 Å². The zero-order valence-corrected chi connectivity index (χ0v) is 19.4. The lowest BCUT2D eigenvalue weighted by Crippen LogP contribution is -2.49. The normalized spacial score (nSPS) is 12.7. The Balaban J connectivity index is 0.00000625. The van der Waals surface area contributed by atoms with Crippen molar-refractivity contribution in [2.75, 3.05) is 32.9 Å². The van der Waals surface area contributed by atoms with Crippen molar-refractivity contribution >= 4 is 46.6 Å². The highest BCUT2D eigenvalue weighted by Crippen LogP contribution is 2.02. The van der Waals surface area contributed by atoms with Crippen LogP contribution in [0.3, 0.4) is 0 Å². The number of benzene rings is 1. The highest BCUT2D eigenvalue weighted by molar-refractivity contribution is 14.0. The van der Waals surface area contributed by atoms with E-state index in [4.69, 9.17) is 0 Å². The topological polar surface area (TPSA) is 73.8 Å². The van der Waals surface area contributed by atoms with Crippen molar-refractivity contribution in [1.82, 2.24) is 15.5 Å². The fourth-order valence-corrected chi connectivity index (χ4v) is 3.28. The molecule has 148 valence electrons. The molecule has 1 atom stereocenters. The first-order valence-electron chi connectivity index (χ1n) is 8.33. The van der Waals surface area contributed by atoms with E-state index in [0.717, 1.165) is 5.56 Å². The Morgan fingerprint density at radius 3 is 2.38 bits per heavy atom. The molecule has 8 heteroatoms. The van der Waals surface area contributed by atoms with E-state index >= 15 is 0 Å². The predicted octanol–water partition coefficient (Wildman–Crippen LogP) is 1.98. The molecule has 0 aliphatic heterocycles. The largest absolute Gasteiger partial charge is 0.355 e. The molecule has 0 aliphatic rings. The fraction of sp³-hybridized carbons (Fsp3) is 0.556. The van der Waals surface area contributed by atoms with Crippen LogP contribution < -0.4 is 10.6 Å². The van der Waals surface area contributed by atoms with Gasteiger partial charge in [0, 0.05) is 48.5 Å². The Morgan fingerprint density at radius 2 is 1.85 bits per heavy atom. The molecule has 0 spiro atoms. The van der Waals surface area contributed by atoms with E-state index in [9.17, 15) is 9.00 Å². The van der Waals surface area contributed by atoms with Crippen LogP contribution in [0.1, 0.15) is 26.3 Å². The van der Waals surface area contributed by atoms with Crippen LogP contribution in [-0.2, 0) is 21.3 Å². The van der Waals surface area contributed by atoms with Crippen LogP contribution in [0.4, 0.5) is 0 Å². The minimum absolute atomic E-state index is 0. The summed E-state index contributed by atoms with van der Waals surface area (Å²) in [5.74, 6) is 1.62. The van der Waals surface area contributed by atoms with Crippen molar-refractivity contribution in [3.05, 3.63) is 35.9 Å². The van der Waals surface area contributed by atoms with Gasteiger partial charge in [-0.15, -0.1) is 24.0 Å². The lowest BCUT2D eigenvalue weighted by atomic mass is 10.1. The SMILES string of the molecule is CN=C(NCCS(=O)Cc1ccccc1)N(C)CC(=O)NC(C)(C)C.I. The van der Waals surface area contributed by atoms with E-state index in [1.807, 2.05) is 51.1 Å². The van der Waals surface area contributed by atoms with Crippen LogP contribution in [-0.4, -0.2) is 59.5 Å². The van der Waals surface area contributed by atoms with Gasteiger partial charge in [-0.1, -0.05) is 30.3 Å². The monoisotopic (exact) mass is 494 g/mol. The molecule has 0 aromatic heterocycles. The van der Waals surface area contributed by atoms with Gasteiger partial charge in [0.15, 0.2) is 5.96 Å². The first-order chi connectivity index (χ1) is 11.7. The van der Waals surface area contributed by atoms with Gasteiger partial charge in [0.05, 0.1) is 6.54 Å². The first-order valence-corrected chi connectivity index (χ1v) is 9.82. The number of amides is 1. The van der Waals surface area contributed by atoms with Gasteiger partial charge in [-0.2, -0.15) is 0 Å². The highest BCUT2D eigenvalue weighted by Gasteiger charge is 2.16. The maximum Gasteiger partial charge on any atom is 0.240 e. The van der Waals surface area contributed by atoms with Gasteiger partial charge in [-0.25, -0.2) is 0 Å². The van der Waals surface area contributed by atoms with Crippen molar-refractivity contribution in [2.45, 2.75) is 32.1 Å². The number of carbonyl (C=O) groups is 1. The molecule has 0 saturated heterocycles. The molecule has 0 heterocycles. The molecular formula is C18H31IN4O2S. The molecule has 1 aromatic rings. The quantitative estimate of drug-likeness (QED) is 0.346. The van der Waals surface area contributed by atoms with Gasteiger partial charge >= 0.3 is 0 Å². The number of nitrogens with one attached hydrogen (secondary N) is 2. The molecule has 1 unspecified atom stereocenters. The molecule has 0 saturated carbocycles. The van der Waals surface area contributed by atoms with E-state index in [1.165, 1.54) is 0 Å². The maximum atomic E-state index is 12.1. The van der Waals surface area contributed by atoms with Crippen molar-refractivity contribution in [3.63, 3.8) is 0 Å². The summed E-state index contributed by atoms with van der Waals surface area (Å²) in [5.41, 5.74) is 0.810. The minimum Gasteiger partial charge on any atom is -0.355 e. The lowest BCUT2D eigenvalue weighted by molar-refractivity contribution is -0.122. The van der Waals surface area contributed by atoms with Crippen molar-refractivity contribution in [2.24, 2.45) is 4.99 Å². The van der Waals surface area contributed by atoms with Crippen LogP contribution in [0.2, 0.25) is 0 Å². The Bertz CT molecular complexity index is 603. The smallest absolute Gasteiger partial charge is 0.240 e. The average Bonchev–Trinajstić information content (AvgIpc) is 2.50. The van der Waals surface area contributed by atoms with E-state index in [0.29, 0.717) is 24.0 Å². The van der Waals surface area contributed by atoms with Crippen LogP contribution in [0, 0.1) is 0 Å². The number of halogens is 1. The third-order valence-electron chi connectivity index (χ3n) is 3.25. The molecule has 0 fully saturated rings. The summed E-state index contributed by atoms with van der Waals surface area (Å²) < 4.78 is 12.1. The molecule has 0 aliphatic carbocycles. The summed E-state index contributed by atoms with van der Waals surface area (Å²) in [7, 11) is 2.53. The van der Waals surface area contributed by atoms with Gasteiger partial charge in [-0.3, -0.25) is 14.0 Å². The second-order valence-electron chi connectivity index (χ2n) is 6.90. The third-order valence-corrected chi connectivity index (χ3v) is 4.57. The minimum atomic E-state index is -0.942. The number of likely N-dealkylation sites (N-methyl/N-ethyl adjacent to an activating group) is 1. The Kier molecular flexibility index (Phi) is 11.7. The van der Waals surface area contributed by atoms with Crippen molar-refractivity contribution in [1.29, 1.82) is 0 Å². The first kappa shape index (κ1) is 24.8. The second kappa shape index (κ2) is 12.3. The number of guanidine groups is 1. The van der Waals surface area contributed by atoms with Gasteiger partial charge in [0.25, 0.3) is 0 Å². The molecule has 6 nitrogen and oxygen atoms in total. The van der Waals surface area contributed by atoms with Gasteiger partial charge < -0.3 is 15.5 Å².